The van der Waals surface area contributed by atoms with Gasteiger partial charge in [0.15, 0.2) is 0 Å². The zero-order valence-electron chi connectivity index (χ0n) is 23.4. The van der Waals surface area contributed by atoms with E-state index in [0.717, 1.165) is 12.2 Å². The highest BCUT2D eigenvalue weighted by Crippen LogP contribution is 2.46. The first-order valence-electron chi connectivity index (χ1n) is 12.4. The van der Waals surface area contributed by atoms with Crippen molar-refractivity contribution in [2.45, 2.75) is 51.0 Å². The summed E-state index contributed by atoms with van der Waals surface area (Å²) in [4.78, 5) is 0. The van der Waals surface area contributed by atoms with Crippen molar-refractivity contribution in [3.63, 3.8) is 0 Å². The molecule has 76 valence electrons. The Balaban J connectivity index is 2.50. The Morgan fingerprint density at radius 2 is 1.71 bits per heavy atom. The summed E-state index contributed by atoms with van der Waals surface area (Å²) in [5, 5.41) is 0. The molecule has 0 aliphatic heterocycles. The van der Waals surface area contributed by atoms with Crippen molar-refractivity contribution >= 4 is 0 Å². The van der Waals surface area contributed by atoms with Crippen molar-refractivity contribution in [1.82, 2.24) is 0 Å². The SMILES string of the molecule is [2H]C1([2H])CC2=CC=C3C([2H])([2H])C([2H])([2H])C([2H])([2H])C([2H])([2H])C3([2H])C2([2H])C([2H])([2H])C1([2H])[2H]. The zero-order chi connectivity index (χ0) is 23.8. The molecule has 0 aromatic carbocycles. The number of allylic oxidation sites excluding steroid dienone is 4. The van der Waals surface area contributed by atoms with E-state index in [4.69, 9.17) is 21.9 Å². The van der Waals surface area contributed by atoms with Gasteiger partial charge in [0.25, 0.3) is 0 Å². The Kier molecular flexibility index (Phi) is 0.539. The maximum atomic E-state index is 8.90. The van der Waals surface area contributed by atoms with E-state index in [9.17, 15) is 0 Å². The maximum absolute atomic E-state index is 8.90. The quantitative estimate of drug-likeness (QED) is 0.554. The molecule has 0 heteroatoms. The molecule has 0 N–H and O–H groups in total. The van der Waals surface area contributed by atoms with Crippen molar-refractivity contribution in [2.24, 2.45) is 11.8 Å². The van der Waals surface area contributed by atoms with Crippen LogP contribution in [0, 0.1) is 11.8 Å². The Labute approximate surface area is 110 Å². The van der Waals surface area contributed by atoms with E-state index < -0.39 is 74.0 Å². The topological polar surface area (TPSA) is 0 Å². The Bertz CT molecular complexity index is 863. The van der Waals surface area contributed by atoms with Crippen molar-refractivity contribution in [1.29, 1.82) is 0 Å². The molecule has 2 atom stereocenters. The molecule has 3 rings (SSSR count). The van der Waals surface area contributed by atoms with Crippen LogP contribution in [-0.4, -0.2) is 0 Å². The van der Waals surface area contributed by atoms with Gasteiger partial charge in [-0.2, -0.15) is 0 Å². The van der Waals surface area contributed by atoms with Gasteiger partial charge in [-0.3, -0.25) is 0 Å². The van der Waals surface area contributed by atoms with Crippen LogP contribution in [0.25, 0.3) is 0 Å². The smallest absolute Gasteiger partial charge is 0.0355 e. The molecule has 0 heterocycles. The normalized spacial score (nSPS) is 89.1. The first-order chi connectivity index (χ1) is 12.9. The molecule has 3 aliphatic carbocycles. The molecule has 0 aromatic heterocycles. The first-order valence-corrected chi connectivity index (χ1v) is 4.37. The predicted octanol–water partition coefficient (Wildman–Crippen LogP) is 4.23. The van der Waals surface area contributed by atoms with Gasteiger partial charge in [0.05, 0.1) is 0 Å². The van der Waals surface area contributed by atoms with Crippen LogP contribution in [-0.2, 0) is 0 Å². The molecule has 3 aliphatic rings. The lowest BCUT2D eigenvalue weighted by atomic mass is 9.66. The molecule has 0 saturated heterocycles. The fourth-order valence-corrected chi connectivity index (χ4v) is 1.61. The molecular weight excluding hydrogens is 168 g/mol. The Hall–Kier alpha value is -0.520. The standard InChI is InChI=1S/C14H20/c1-3-7-13-11(5-1)9-10-12-6-2-4-8-14(12)13/h9-10,13-14H,1-8H2/i1D2,2D2,3D2,4D2,5D2,7D2,8D2,13D,14D. The van der Waals surface area contributed by atoms with Crippen LogP contribution in [0.3, 0.4) is 0 Å². The fraction of sp³-hybridized carbons (Fsp3) is 0.714. The minimum Gasteiger partial charge on any atom is -0.0665 e. The van der Waals surface area contributed by atoms with E-state index in [2.05, 4.69) is 0 Å². The summed E-state index contributed by atoms with van der Waals surface area (Å²) in [5.74, 6) is -6.74. The summed E-state index contributed by atoms with van der Waals surface area (Å²) >= 11 is 0. The summed E-state index contributed by atoms with van der Waals surface area (Å²) in [6, 6.07) is 0. The molecule has 2 fully saturated rings. The minimum atomic E-state index is -3.72. The molecular formula is C14H20. The second-order valence-corrected chi connectivity index (χ2v) is 3.13. The van der Waals surface area contributed by atoms with E-state index >= 15 is 0 Å². The highest BCUT2D eigenvalue weighted by molar-refractivity contribution is 5.31. The molecule has 2 saturated carbocycles. The molecule has 0 nitrogen and oxygen atoms in total. The van der Waals surface area contributed by atoms with Gasteiger partial charge in [-0.05, 0) is 50.1 Å². The van der Waals surface area contributed by atoms with Gasteiger partial charge in [-0.1, -0.05) is 36.0 Å². The molecule has 0 amide bonds. The highest BCUT2D eigenvalue weighted by atomic mass is 14.4. The first kappa shape index (κ1) is 2.12. The van der Waals surface area contributed by atoms with Gasteiger partial charge in [0, 0.05) is 21.9 Å². The van der Waals surface area contributed by atoms with Crippen LogP contribution in [0.15, 0.2) is 23.3 Å². The molecule has 2 unspecified atom stereocenters. The van der Waals surface area contributed by atoms with E-state index in [1.165, 1.54) is 0 Å². The van der Waals surface area contributed by atoms with Crippen LogP contribution in [0.4, 0.5) is 0 Å². The third-order valence-electron chi connectivity index (χ3n) is 2.29. The largest absolute Gasteiger partial charge is 0.0665 e. The van der Waals surface area contributed by atoms with Crippen LogP contribution in [0.5, 0.6) is 0 Å². The second kappa shape index (κ2) is 3.56. The third-order valence-corrected chi connectivity index (χ3v) is 2.29. The predicted molar refractivity (Wildman–Crippen MR) is 60.1 cm³/mol. The van der Waals surface area contributed by atoms with Gasteiger partial charge in [-0.25, -0.2) is 0 Å². The van der Waals surface area contributed by atoms with E-state index in [1.807, 2.05) is 0 Å². The van der Waals surface area contributed by atoms with Gasteiger partial charge < -0.3 is 0 Å². The molecule has 0 bridgehead atoms. The van der Waals surface area contributed by atoms with Crippen LogP contribution >= 0.6 is 0 Å². The summed E-state index contributed by atoms with van der Waals surface area (Å²) in [7, 11) is 0. The van der Waals surface area contributed by atoms with Crippen LogP contribution in [0.1, 0.15) is 73.0 Å². The summed E-state index contributed by atoms with van der Waals surface area (Å²) in [5.41, 5.74) is -1.55. The molecule has 0 spiro atoms. The molecule has 0 radical (unpaired) electrons. The van der Waals surface area contributed by atoms with Crippen molar-refractivity contribution in [3.8, 4) is 0 Å². The fourth-order valence-electron chi connectivity index (χ4n) is 1.61. The molecule has 14 heavy (non-hydrogen) atoms. The Morgan fingerprint density at radius 3 is 2.64 bits per heavy atom. The number of rotatable bonds is 0. The average Bonchev–Trinajstić information content (AvgIpc) is 2.55. The van der Waals surface area contributed by atoms with Crippen molar-refractivity contribution in [2.75, 3.05) is 0 Å². The Morgan fingerprint density at radius 1 is 1.00 bits per heavy atom. The van der Waals surface area contributed by atoms with E-state index in [1.54, 1.807) is 0 Å². The van der Waals surface area contributed by atoms with Crippen LogP contribution < -0.4 is 0 Å². The number of fused-ring (bicyclic) bond motifs is 3. The number of hydrogen-bond donors (Lipinski definition) is 0. The second-order valence-electron chi connectivity index (χ2n) is 3.13. The minimum absolute atomic E-state index is 0.524. The maximum Gasteiger partial charge on any atom is 0.0355 e. The molecule has 0 aromatic rings. The van der Waals surface area contributed by atoms with Gasteiger partial charge in [0.1, 0.15) is 0 Å². The van der Waals surface area contributed by atoms with E-state index in [-0.39, 0.29) is 0 Å². The zero-order valence-corrected chi connectivity index (χ0v) is 7.36. The summed E-state index contributed by atoms with van der Waals surface area (Å²) in [6.07, 6.45) is -23.4. The summed E-state index contributed by atoms with van der Waals surface area (Å²) in [6.45, 7) is 0. The lowest BCUT2D eigenvalue weighted by Gasteiger charge is -2.39. The van der Waals surface area contributed by atoms with Gasteiger partial charge >= 0.3 is 0 Å². The summed E-state index contributed by atoms with van der Waals surface area (Å²) < 4.78 is 132. The third kappa shape index (κ3) is 1.36. The van der Waals surface area contributed by atoms with Gasteiger partial charge in [-0.15, -0.1) is 0 Å². The van der Waals surface area contributed by atoms with Gasteiger partial charge in [0.2, 0.25) is 0 Å². The van der Waals surface area contributed by atoms with E-state index in [0.29, 0.717) is 0 Å². The number of hydrogen-bond acceptors (Lipinski definition) is 0. The van der Waals surface area contributed by atoms with Crippen molar-refractivity contribution in [3.05, 3.63) is 23.3 Å². The lowest BCUT2D eigenvalue weighted by molar-refractivity contribution is 0.297. The average molecular weight is 204 g/mol. The van der Waals surface area contributed by atoms with Crippen LogP contribution in [0.2, 0.25) is 0 Å². The monoisotopic (exact) mass is 204 g/mol. The highest BCUT2D eigenvalue weighted by Gasteiger charge is 2.32. The van der Waals surface area contributed by atoms with Crippen molar-refractivity contribution < 1.29 is 21.9 Å². The lowest BCUT2D eigenvalue weighted by Crippen LogP contribution is -2.26.